The first kappa shape index (κ1) is 15.7. The van der Waals surface area contributed by atoms with Crippen LogP contribution in [0.2, 0.25) is 0 Å². The standard InChI is InChI=1S/C13H14N4O4S/c1-3-21-13(20)16-10(18)8-4-5-22-12(8)15-11(19)9-6-14-7-17(9)2/h4-7H,3H2,1-2H3,(H,15,19)(H,16,18,20). The number of anilines is 1. The van der Waals surface area contributed by atoms with Gasteiger partial charge in [-0.15, -0.1) is 11.3 Å². The minimum atomic E-state index is -0.831. The highest BCUT2D eigenvalue weighted by molar-refractivity contribution is 7.14. The molecule has 0 saturated carbocycles. The van der Waals surface area contributed by atoms with E-state index in [1.165, 1.54) is 29.9 Å². The highest BCUT2D eigenvalue weighted by Gasteiger charge is 2.19. The number of carbonyl (C=O) groups excluding carboxylic acids is 3. The molecular weight excluding hydrogens is 308 g/mol. The molecule has 2 heterocycles. The van der Waals surface area contributed by atoms with E-state index >= 15 is 0 Å². The van der Waals surface area contributed by atoms with E-state index in [1.807, 2.05) is 0 Å². The number of imide groups is 1. The number of ether oxygens (including phenoxy) is 1. The molecule has 0 spiro atoms. The maximum absolute atomic E-state index is 12.1. The molecule has 8 nitrogen and oxygen atoms in total. The van der Waals surface area contributed by atoms with Crippen molar-refractivity contribution in [2.24, 2.45) is 7.05 Å². The number of rotatable bonds is 4. The molecule has 0 radical (unpaired) electrons. The smallest absolute Gasteiger partial charge is 0.414 e. The van der Waals surface area contributed by atoms with Crippen LogP contribution in [0.1, 0.15) is 27.8 Å². The third-order valence-corrected chi connectivity index (χ3v) is 3.51. The van der Waals surface area contributed by atoms with Crippen molar-refractivity contribution < 1.29 is 19.1 Å². The zero-order chi connectivity index (χ0) is 16.1. The number of nitrogens with zero attached hydrogens (tertiary/aromatic N) is 2. The largest absolute Gasteiger partial charge is 0.450 e. The second-order valence-corrected chi connectivity index (χ2v) is 5.10. The first-order valence-corrected chi connectivity index (χ1v) is 7.24. The topological polar surface area (TPSA) is 102 Å². The molecule has 9 heteroatoms. The average Bonchev–Trinajstić information content (AvgIpc) is 3.07. The van der Waals surface area contributed by atoms with Crippen LogP contribution in [0.5, 0.6) is 0 Å². The van der Waals surface area contributed by atoms with Gasteiger partial charge in [-0.05, 0) is 18.4 Å². The molecule has 0 aromatic carbocycles. The highest BCUT2D eigenvalue weighted by atomic mass is 32.1. The van der Waals surface area contributed by atoms with Gasteiger partial charge in [0.2, 0.25) is 0 Å². The van der Waals surface area contributed by atoms with Crippen molar-refractivity contribution in [2.45, 2.75) is 6.92 Å². The Kier molecular flexibility index (Phi) is 4.89. The number of nitrogens with one attached hydrogen (secondary N) is 2. The number of aromatic nitrogens is 2. The Morgan fingerprint density at radius 3 is 2.77 bits per heavy atom. The van der Waals surface area contributed by atoms with Gasteiger partial charge in [-0.25, -0.2) is 9.78 Å². The van der Waals surface area contributed by atoms with E-state index < -0.39 is 17.9 Å². The fourth-order valence-corrected chi connectivity index (χ4v) is 2.43. The van der Waals surface area contributed by atoms with Gasteiger partial charge in [-0.3, -0.25) is 14.9 Å². The molecule has 0 bridgehead atoms. The molecule has 0 atom stereocenters. The van der Waals surface area contributed by atoms with Gasteiger partial charge in [-0.1, -0.05) is 0 Å². The molecule has 2 N–H and O–H groups in total. The van der Waals surface area contributed by atoms with Gasteiger partial charge in [-0.2, -0.15) is 0 Å². The second kappa shape index (κ2) is 6.85. The van der Waals surface area contributed by atoms with Crippen molar-refractivity contribution >= 4 is 34.2 Å². The predicted octanol–water partition coefficient (Wildman–Crippen LogP) is 1.62. The van der Waals surface area contributed by atoms with Crippen LogP contribution >= 0.6 is 11.3 Å². The van der Waals surface area contributed by atoms with E-state index in [4.69, 9.17) is 0 Å². The van der Waals surface area contributed by atoms with Gasteiger partial charge in [0.05, 0.1) is 24.7 Å². The van der Waals surface area contributed by atoms with Crippen molar-refractivity contribution in [3.8, 4) is 0 Å². The minimum Gasteiger partial charge on any atom is -0.450 e. The lowest BCUT2D eigenvalue weighted by Crippen LogP contribution is -2.31. The maximum atomic E-state index is 12.1. The lowest BCUT2D eigenvalue weighted by molar-refractivity contribution is 0.0926. The van der Waals surface area contributed by atoms with Crippen LogP contribution in [0.15, 0.2) is 24.0 Å². The summed E-state index contributed by atoms with van der Waals surface area (Å²) in [5.74, 6) is -1.03. The summed E-state index contributed by atoms with van der Waals surface area (Å²) >= 11 is 1.18. The first-order chi connectivity index (χ1) is 10.5. The summed E-state index contributed by atoms with van der Waals surface area (Å²) in [6.45, 7) is 1.79. The van der Waals surface area contributed by atoms with Crippen LogP contribution < -0.4 is 10.6 Å². The maximum Gasteiger partial charge on any atom is 0.414 e. The van der Waals surface area contributed by atoms with Crippen molar-refractivity contribution in [3.63, 3.8) is 0 Å². The summed E-state index contributed by atoms with van der Waals surface area (Å²) in [5.41, 5.74) is 0.540. The van der Waals surface area contributed by atoms with Gasteiger partial charge in [0.25, 0.3) is 11.8 Å². The minimum absolute atomic E-state index is 0.160. The molecule has 0 unspecified atom stereocenters. The highest BCUT2D eigenvalue weighted by Crippen LogP contribution is 2.23. The second-order valence-electron chi connectivity index (χ2n) is 4.18. The van der Waals surface area contributed by atoms with Gasteiger partial charge in [0.15, 0.2) is 0 Å². The van der Waals surface area contributed by atoms with Crippen LogP contribution in [0.4, 0.5) is 9.80 Å². The molecule has 0 aliphatic carbocycles. The normalized spacial score (nSPS) is 10.1. The molecule has 0 aliphatic heterocycles. The van der Waals surface area contributed by atoms with Gasteiger partial charge in [0, 0.05) is 7.05 Å². The van der Waals surface area contributed by atoms with Crippen LogP contribution in [0.3, 0.4) is 0 Å². The molecular formula is C13H14N4O4S. The molecule has 3 amide bonds. The van der Waals surface area contributed by atoms with E-state index in [2.05, 4.69) is 20.4 Å². The summed E-state index contributed by atoms with van der Waals surface area (Å²) in [4.78, 5) is 39.2. The van der Waals surface area contributed by atoms with Crippen molar-refractivity contribution in [2.75, 3.05) is 11.9 Å². The SMILES string of the molecule is CCOC(=O)NC(=O)c1ccsc1NC(=O)c1cncn1C. The molecule has 0 fully saturated rings. The summed E-state index contributed by atoms with van der Waals surface area (Å²) in [7, 11) is 1.69. The third kappa shape index (κ3) is 3.50. The molecule has 2 aromatic heterocycles. The Morgan fingerprint density at radius 2 is 2.14 bits per heavy atom. The van der Waals surface area contributed by atoms with Crippen LogP contribution in [-0.2, 0) is 11.8 Å². The summed E-state index contributed by atoms with van der Waals surface area (Å²) in [6.07, 6.45) is 2.08. The summed E-state index contributed by atoms with van der Waals surface area (Å²) < 4.78 is 6.20. The third-order valence-electron chi connectivity index (χ3n) is 2.68. The first-order valence-electron chi connectivity index (χ1n) is 6.36. The van der Waals surface area contributed by atoms with E-state index in [0.717, 1.165) is 0 Å². The van der Waals surface area contributed by atoms with Crippen molar-refractivity contribution in [1.29, 1.82) is 0 Å². The zero-order valence-corrected chi connectivity index (χ0v) is 12.8. The van der Waals surface area contributed by atoms with E-state index in [-0.39, 0.29) is 12.2 Å². The van der Waals surface area contributed by atoms with E-state index in [9.17, 15) is 14.4 Å². The molecule has 0 saturated heterocycles. The van der Waals surface area contributed by atoms with E-state index in [0.29, 0.717) is 10.7 Å². The molecule has 2 rings (SSSR count). The number of imidazole rings is 1. The lowest BCUT2D eigenvalue weighted by Gasteiger charge is -2.07. The lowest BCUT2D eigenvalue weighted by atomic mass is 10.3. The Morgan fingerprint density at radius 1 is 1.36 bits per heavy atom. The quantitative estimate of drug-likeness (QED) is 0.890. The Hall–Kier alpha value is -2.68. The molecule has 2 aromatic rings. The predicted molar refractivity (Wildman–Crippen MR) is 80.0 cm³/mol. The zero-order valence-electron chi connectivity index (χ0n) is 12.0. The van der Waals surface area contributed by atoms with Gasteiger partial charge in [0.1, 0.15) is 10.7 Å². The van der Waals surface area contributed by atoms with E-state index in [1.54, 1.807) is 23.9 Å². The molecule has 0 aliphatic rings. The summed E-state index contributed by atoms with van der Waals surface area (Å²) in [5, 5.41) is 6.69. The number of hydrogen-bond acceptors (Lipinski definition) is 6. The number of amides is 3. The van der Waals surface area contributed by atoms with Crippen LogP contribution in [0, 0.1) is 0 Å². The number of hydrogen-bond donors (Lipinski definition) is 2. The number of aryl methyl sites for hydroxylation is 1. The van der Waals surface area contributed by atoms with Gasteiger partial charge >= 0.3 is 6.09 Å². The monoisotopic (exact) mass is 322 g/mol. The van der Waals surface area contributed by atoms with Crippen LogP contribution in [0.25, 0.3) is 0 Å². The fourth-order valence-electron chi connectivity index (χ4n) is 1.66. The van der Waals surface area contributed by atoms with Gasteiger partial charge < -0.3 is 14.6 Å². The average molecular weight is 322 g/mol. The van der Waals surface area contributed by atoms with Crippen molar-refractivity contribution in [1.82, 2.24) is 14.9 Å². The Labute approximate surface area is 130 Å². The number of thiophene rings is 1. The molecule has 22 heavy (non-hydrogen) atoms. The Balaban J connectivity index is 2.09. The number of alkyl carbamates (subject to hydrolysis) is 1. The molecule has 116 valence electrons. The van der Waals surface area contributed by atoms with Crippen molar-refractivity contribution in [3.05, 3.63) is 35.2 Å². The van der Waals surface area contributed by atoms with Crippen LogP contribution in [-0.4, -0.2) is 34.1 Å². The fraction of sp³-hybridized carbons (Fsp3) is 0.231. The Bertz CT molecular complexity index is 706. The summed E-state index contributed by atoms with van der Waals surface area (Å²) in [6, 6.07) is 1.51. The number of carbonyl (C=O) groups is 3.